The molecule has 0 aliphatic rings. The van der Waals surface area contributed by atoms with Gasteiger partial charge in [0.05, 0.1) is 0 Å². The average molecular weight is 181 g/mol. The molecule has 0 amide bonds. The van der Waals surface area contributed by atoms with Crippen LogP contribution in [0.3, 0.4) is 0 Å². The minimum atomic E-state index is 0.762. The van der Waals surface area contributed by atoms with Gasteiger partial charge in [0, 0.05) is 0 Å². The van der Waals surface area contributed by atoms with Gasteiger partial charge in [0.25, 0.3) is 0 Å². The van der Waals surface area contributed by atoms with Crippen LogP contribution in [0.25, 0.3) is 16.3 Å². The second kappa shape index (κ2) is 3.67. The van der Waals surface area contributed by atoms with E-state index in [4.69, 9.17) is 0 Å². The van der Waals surface area contributed by atoms with Gasteiger partial charge in [0.15, 0.2) is 0 Å². The van der Waals surface area contributed by atoms with Gasteiger partial charge in [-0.2, -0.15) is 0 Å². The quantitative estimate of drug-likeness (QED) is 0.655. The molecule has 0 aliphatic heterocycles. The number of hydrogen-bond acceptors (Lipinski definition) is 0. The second-order valence-electron chi connectivity index (χ2n) is 3.42. The first kappa shape index (κ1) is 9.01. The van der Waals surface area contributed by atoms with Crippen molar-refractivity contribution in [2.24, 2.45) is 0 Å². The van der Waals surface area contributed by atoms with Crippen molar-refractivity contribution in [3.63, 3.8) is 0 Å². The van der Waals surface area contributed by atoms with E-state index in [0.29, 0.717) is 0 Å². The lowest BCUT2D eigenvalue weighted by atomic mass is 10.0. The van der Waals surface area contributed by atoms with Crippen molar-refractivity contribution in [3.05, 3.63) is 61.5 Å². The Kier molecular flexibility index (Phi) is 2.36. The lowest BCUT2D eigenvalue weighted by Gasteiger charge is -2.04. The molecule has 2 aromatic rings. The molecule has 14 heavy (non-hydrogen) atoms. The topological polar surface area (TPSA) is 0 Å². The summed E-state index contributed by atoms with van der Waals surface area (Å²) >= 11 is 0. The molecular formula is C14H13. The average Bonchev–Trinajstić information content (AvgIpc) is 2.27. The zero-order chi connectivity index (χ0) is 9.97. The molecule has 0 unspecified atom stereocenters. The number of hydrogen-bond donors (Lipinski definition) is 0. The smallest absolute Gasteiger partial charge is 0.0178 e. The molecule has 0 nitrogen and oxygen atoms in total. The summed E-state index contributed by atoms with van der Waals surface area (Å²) in [6, 6.07) is 14.8. The summed E-state index contributed by atoms with van der Waals surface area (Å²) in [7, 11) is 0. The normalized spacial score (nSPS) is 10.4. The van der Waals surface area contributed by atoms with Crippen LogP contribution < -0.4 is 0 Å². The largest absolute Gasteiger partial charge is 0.0952 e. The number of allylic oxidation sites excluding steroid dienone is 1. The van der Waals surface area contributed by atoms with E-state index in [1.165, 1.54) is 16.3 Å². The maximum Gasteiger partial charge on any atom is -0.0178 e. The molecule has 0 aliphatic carbocycles. The summed E-state index contributed by atoms with van der Waals surface area (Å²) < 4.78 is 0. The minimum absolute atomic E-state index is 0.762. The zero-order valence-corrected chi connectivity index (χ0v) is 8.16. The van der Waals surface area contributed by atoms with Crippen molar-refractivity contribution in [1.29, 1.82) is 0 Å². The Labute approximate surface area is 84.9 Å². The van der Waals surface area contributed by atoms with Crippen LogP contribution in [0, 0.1) is 6.92 Å². The lowest BCUT2D eigenvalue weighted by molar-refractivity contribution is 1.41. The van der Waals surface area contributed by atoms with Crippen molar-refractivity contribution in [3.8, 4) is 0 Å². The summed E-state index contributed by atoms with van der Waals surface area (Å²) in [5.74, 6) is 0. The summed E-state index contributed by atoms with van der Waals surface area (Å²) in [5.41, 5.74) is 2.29. The molecule has 0 N–H and O–H groups in total. The van der Waals surface area contributed by atoms with Crippen molar-refractivity contribution in [1.82, 2.24) is 0 Å². The predicted molar refractivity (Wildman–Crippen MR) is 63.0 cm³/mol. The third kappa shape index (κ3) is 1.56. The van der Waals surface area contributed by atoms with Gasteiger partial charge in [-0.05, 0) is 41.3 Å². The maximum atomic E-state index is 3.99. The van der Waals surface area contributed by atoms with E-state index in [-0.39, 0.29) is 0 Å². The SMILES string of the molecule is [CH2]CC(=C)c1ccc2ccccc2c1. The third-order valence-corrected chi connectivity index (χ3v) is 2.46. The highest BCUT2D eigenvalue weighted by atomic mass is 14.0. The molecule has 0 bridgehead atoms. The summed E-state index contributed by atoms with van der Waals surface area (Å²) in [5, 5.41) is 2.53. The lowest BCUT2D eigenvalue weighted by Crippen LogP contribution is -1.81. The first-order valence-electron chi connectivity index (χ1n) is 4.77. The predicted octanol–water partition coefficient (Wildman–Crippen LogP) is 4.08. The fraction of sp³-hybridized carbons (Fsp3) is 0.0714. The van der Waals surface area contributed by atoms with Gasteiger partial charge >= 0.3 is 0 Å². The molecule has 0 aromatic heterocycles. The molecule has 0 heteroatoms. The molecule has 0 fully saturated rings. The van der Waals surface area contributed by atoms with Gasteiger partial charge in [-0.1, -0.05) is 43.0 Å². The van der Waals surface area contributed by atoms with Crippen LogP contribution in [0.15, 0.2) is 49.0 Å². The highest BCUT2D eigenvalue weighted by Gasteiger charge is 1.97. The van der Waals surface area contributed by atoms with Crippen LogP contribution >= 0.6 is 0 Å². The van der Waals surface area contributed by atoms with Crippen molar-refractivity contribution < 1.29 is 0 Å². The van der Waals surface area contributed by atoms with Crippen LogP contribution in [0.1, 0.15) is 12.0 Å². The molecule has 69 valence electrons. The Morgan fingerprint density at radius 2 is 1.71 bits per heavy atom. The van der Waals surface area contributed by atoms with E-state index in [9.17, 15) is 0 Å². The highest BCUT2D eigenvalue weighted by Crippen LogP contribution is 2.21. The van der Waals surface area contributed by atoms with Gasteiger partial charge in [0.1, 0.15) is 0 Å². The molecule has 0 atom stereocenters. The van der Waals surface area contributed by atoms with Gasteiger partial charge in [-0.3, -0.25) is 0 Å². The van der Waals surface area contributed by atoms with E-state index >= 15 is 0 Å². The molecule has 2 aromatic carbocycles. The molecule has 0 saturated heterocycles. The van der Waals surface area contributed by atoms with E-state index < -0.39 is 0 Å². The van der Waals surface area contributed by atoms with E-state index in [1.54, 1.807) is 0 Å². The van der Waals surface area contributed by atoms with E-state index in [0.717, 1.165) is 12.0 Å². The van der Waals surface area contributed by atoms with Crippen LogP contribution in [0.4, 0.5) is 0 Å². The molecule has 2 rings (SSSR count). The molecule has 0 spiro atoms. The Balaban J connectivity index is 2.56. The van der Waals surface area contributed by atoms with Gasteiger partial charge in [-0.15, -0.1) is 0 Å². The standard InChI is InChI=1S/C14H13/c1-3-11(2)13-9-8-12-6-4-5-7-14(12)10-13/h4-10H,1-3H2. The Bertz CT molecular complexity index is 466. The minimum Gasteiger partial charge on any atom is -0.0952 e. The Hall–Kier alpha value is -1.56. The summed E-state index contributed by atoms with van der Waals surface area (Å²) in [6.45, 7) is 7.83. The van der Waals surface area contributed by atoms with E-state index in [1.807, 2.05) is 0 Å². The monoisotopic (exact) mass is 181 g/mol. The first-order chi connectivity index (χ1) is 6.81. The van der Waals surface area contributed by atoms with E-state index in [2.05, 4.69) is 56.0 Å². The number of rotatable bonds is 2. The molecule has 0 heterocycles. The van der Waals surface area contributed by atoms with Crippen LogP contribution in [0.5, 0.6) is 0 Å². The third-order valence-electron chi connectivity index (χ3n) is 2.46. The van der Waals surface area contributed by atoms with Gasteiger partial charge < -0.3 is 0 Å². The zero-order valence-electron chi connectivity index (χ0n) is 8.16. The Morgan fingerprint density at radius 3 is 2.43 bits per heavy atom. The first-order valence-corrected chi connectivity index (χ1v) is 4.77. The molecule has 0 saturated carbocycles. The summed E-state index contributed by atoms with van der Waals surface area (Å²) in [4.78, 5) is 0. The van der Waals surface area contributed by atoms with Crippen LogP contribution in [-0.2, 0) is 0 Å². The van der Waals surface area contributed by atoms with Crippen LogP contribution in [-0.4, -0.2) is 0 Å². The molecular weight excluding hydrogens is 168 g/mol. The summed E-state index contributed by atoms with van der Waals surface area (Å²) in [6.07, 6.45) is 0.762. The van der Waals surface area contributed by atoms with Crippen molar-refractivity contribution in [2.75, 3.05) is 0 Å². The fourth-order valence-corrected chi connectivity index (χ4v) is 1.55. The Morgan fingerprint density at radius 1 is 1.00 bits per heavy atom. The number of benzene rings is 2. The van der Waals surface area contributed by atoms with Gasteiger partial charge in [-0.25, -0.2) is 0 Å². The van der Waals surface area contributed by atoms with Crippen LogP contribution in [0.2, 0.25) is 0 Å². The highest BCUT2D eigenvalue weighted by molar-refractivity contribution is 5.86. The number of fused-ring (bicyclic) bond motifs is 1. The van der Waals surface area contributed by atoms with Crippen molar-refractivity contribution in [2.45, 2.75) is 6.42 Å². The maximum absolute atomic E-state index is 3.99. The fourth-order valence-electron chi connectivity index (χ4n) is 1.55. The second-order valence-corrected chi connectivity index (χ2v) is 3.42. The van der Waals surface area contributed by atoms with Gasteiger partial charge in [0.2, 0.25) is 0 Å². The molecule has 1 radical (unpaired) electrons. The van der Waals surface area contributed by atoms with Crippen molar-refractivity contribution >= 4 is 16.3 Å².